The minimum atomic E-state index is -0.248. The van der Waals surface area contributed by atoms with Gasteiger partial charge in [-0.2, -0.15) is 0 Å². The second kappa shape index (κ2) is 7.89. The molecule has 1 rings (SSSR count). The number of rotatable bonds is 7. The van der Waals surface area contributed by atoms with E-state index in [1.807, 2.05) is 13.8 Å². The quantitative estimate of drug-likeness (QED) is 0.796. The Balaban J connectivity index is 2.40. The summed E-state index contributed by atoms with van der Waals surface area (Å²) in [6.07, 6.45) is 2.01. The minimum absolute atomic E-state index is 0.0517. The smallest absolute Gasteiger partial charge is 0.234 e. The summed E-state index contributed by atoms with van der Waals surface area (Å²) in [4.78, 5) is 11.7. The molecule has 0 spiro atoms. The van der Waals surface area contributed by atoms with Crippen molar-refractivity contribution in [1.29, 1.82) is 0 Å². The fourth-order valence-electron chi connectivity index (χ4n) is 2.01. The zero-order chi connectivity index (χ0) is 14.3. The molecule has 106 valence electrons. The molecule has 0 fully saturated rings. The Labute approximate surface area is 114 Å². The summed E-state index contributed by atoms with van der Waals surface area (Å²) in [6, 6.07) is 6.60. The highest BCUT2D eigenvalue weighted by atomic mass is 19.1. The summed E-state index contributed by atoms with van der Waals surface area (Å²) in [5.41, 5.74) is 0.580. The van der Waals surface area contributed by atoms with E-state index in [1.54, 1.807) is 18.2 Å². The molecule has 0 aromatic heterocycles. The zero-order valence-corrected chi connectivity index (χ0v) is 11.9. The van der Waals surface area contributed by atoms with Gasteiger partial charge in [0, 0.05) is 17.6 Å². The van der Waals surface area contributed by atoms with Crippen LogP contribution in [0.5, 0.6) is 0 Å². The number of carbonyl (C=O) groups excluding carboxylic acids is 1. The van der Waals surface area contributed by atoms with Crippen molar-refractivity contribution >= 4 is 5.91 Å². The third kappa shape index (κ3) is 5.39. The molecular formula is C15H23FN2O. The monoisotopic (exact) mass is 266 g/mol. The van der Waals surface area contributed by atoms with Crippen molar-refractivity contribution in [3.05, 3.63) is 35.6 Å². The predicted molar refractivity (Wildman–Crippen MR) is 75.3 cm³/mol. The lowest BCUT2D eigenvalue weighted by Crippen LogP contribution is -2.39. The number of halogens is 1. The van der Waals surface area contributed by atoms with Crippen molar-refractivity contribution in [2.75, 3.05) is 6.54 Å². The van der Waals surface area contributed by atoms with Crippen molar-refractivity contribution in [1.82, 2.24) is 10.6 Å². The SMILES string of the molecule is CCCC(C)NC(=O)CN[C@H](C)c1ccccc1F. The summed E-state index contributed by atoms with van der Waals surface area (Å²) in [6.45, 7) is 6.12. The Morgan fingerprint density at radius 1 is 1.32 bits per heavy atom. The van der Waals surface area contributed by atoms with E-state index in [9.17, 15) is 9.18 Å². The standard InChI is InChI=1S/C15H23FN2O/c1-4-7-11(2)18-15(19)10-17-12(3)13-8-5-6-9-14(13)16/h5-6,8-9,11-12,17H,4,7,10H2,1-3H3,(H,18,19)/t11?,12-/m1/s1. The first-order valence-corrected chi connectivity index (χ1v) is 6.81. The number of amides is 1. The van der Waals surface area contributed by atoms with Crippen molar-refractivity contribution < 1.29 is 9.18 Å². The summed E-state index contributed by atoms with van der Waals surface area (Å²) in [5, 5.41) is 5.94. The van der Waals surface area contributed by atoms with Crippen LogP contribution in [-0.4, -0.2) is 18.5 Å². The lowest BCUT2D eigenvalue weighted by atomic mass is 10.1. The van der Waals surface area contributed by atoms with Crippen molar-refractivity contribution in [3.8, 4) is 0 Å². The number of benzene rings is 1. The van der Waals surface area contributed by atoms with Gasteiger partial charge in [-0.15, -0.1) is 0 Å². The van der Waals surface area contributed by atoms with Gasteiger partial charge < -0.3 is 10.6 Å². The molecule has 2 N–H and O–H groups in total. The average Bonchev–Trinajstić information content (AvgIpc) is 2.36. The Hall–Kier alpha value is -1.42. The van der Waals surface area contributed by atoms with Gasteiger partial charge in [0.2, 0.25) is 5.91 Å². The molecule has 4 heteroatoms. The van der Waals surface area contributed by atoms with Crippen LogP contribution < -0.4 is 10.6 Å². The van der Waals surface area contributed by atoms with Crippen molar-refractivity contribution in [2.45, 2.75) is 45.7 Å². The molecule has 0 bridgehead atoms. The first-order chi connectivity index (χ1) is 9.04. The van der Waals surface area contributed by atoms with E-state index in [2.05, 4.69) is 17.6 Å². The number of hydrogen-bond acceptors (Lipinski definition) is 2. The normalized spacial score (nSPS) is 13.9. The second-order valence-electron chi connectivity index (χ2n) is 4.88. The molecule has 0 saturated carbocycles. The van der Waals surface area contributed by atoms with Crippen LogP contribution in [-0.2, 0) is 4.79 Å². The fourth-order valence-corrected chi connectivity index (χ4v) is 2.01. The third-order valence-corrected chi connectivity index (χ3v) is 3.07. The highest BCUT2D eigenvalue weighted by Crippen LogP contribution is 2.15. The molecule has 0 radical (unpaired) electrons. The maximum atomic E-state index is 13.5. The van der Waals surface area contributed by atoms with Gasteiger partial charge in [0.1, 0.15) is 5.82 Å². The largest absolute Gasteiger partial charge is 0.353 e. The topological polar surface area (TPSA) is 41.1 Å². The number of nitrogens with one attached hydrogen (secondary N) is 2. The Morgan fingerprint density at radius 2 is 2.00 bits per heavy atom. The van der Waals surface area contributed by atoms with Gasteiger partial charge in [0.15, 0.2) is 0 Å². The number of hydrogen-bond donors (Lipinski definition) is 2. The molecule has 0 aliphatic heterocycles. The summed E-state index contributed by atoms with van der Waals surface area (Å²) in [5.74, 6) is -0.300. The number of carbonyl (C=O) groups is 1. The van der Waals surface area contributed by atoms with Crippen LogP contribution in [0.15, 0.2) is 24.3 Å². The van der Waals surface area contributed by atoms with Crippen molar-refractivity contribution in [2.24, 2.45) is 0 Å². The highest BCUT2D eigenvalue weighted by Gasteiger charge is 2.12. The van der Waals surface area contributed by atoms with Gasteiger partial charge in [0.25, 0.3) is 0 Å². The van der Waals surface area contributed by atoms with Crippen LogP contribution in [0.25, 0.3) is 0 Å². The molecule has 0 saturated heterocycles. The summed E-state index contributed by atoms with van der Waals surface area (Å²) in [7, 11) is 0. The van der Waals surface area contributed by atoms with Crippen LogP contribution in [0.2, 0.25) is 0 Å². The summed E-state index contributed by atoms with van der Waals surface area (Å²) < 4.78 is 13.5. The molecule has 1 amide bonds. The van der Waals surface area contributed by atoms with Crippen LogP contribution >= 0.6 is 0 Å². The van der Waals surface area contributed by atoms with Gasteiger partial charge in [-0.1, -0.05) is 31.5 Å². The molecule has 1 aromatic carbocycles. The Bertz CT molecular complexity index is 409. The van der Waals surface area contributed by atoms with Crippen LogP contribution in [0.4, 0.5) is 4.39 Å². The predicted octanol–water partition coefficient (Wildman–Crippen LogP) is 2.78. The zero-order valence-electron chi connectivity index (χ0n) is 11.9. The molecule has 0 heterocycles. The van der Waals surface area contributed by atoms with E-state index in [4.69, 9.17) is 0 Å². The molecule has 0 aliphatic carbocycles. The van der Waals surface area contributed by atoms with E-state index >= 15 is 0 Å². The van der Waals surface area contributed by atoms with Crippen LogP contribution in [0.3, 0.4) is 0 Å². The second-order valence-corrected chi connectivity index (χ2v) is 4.88. The lowest BCUT2D eigenvalue weighted by Gasteiger charge is -2.17. The lowest BCUT2D eigenvalue weighted by molar-refractivity contribution is -0.121. The average molecular weight is 266 g/mol. The molecule has 1 unspecified atom stereocenters. The first-order valence-electron chi connectivity index (χ1n) is 6.81. The third-order valence-electron chi connectivity index (χ3n) is 3.07. The maximum Gasteiger partial charge on any atom is 0.234 e. The van der Waals surface area contributed by atoms with E-state index in [-0.39, 0.29) is 30.4 Å². The maximum absolute atomic E-state index is 13.5. The first kappa shape index (κ1) is 15.6. The van der Waals surface area contributed by atoms with Crippen LogP contribution in [0, 0.1) is 5.82 Å². The van der Waals surface area contributed by atoms with E-state index in [0.29, 0.717) is 5.56 Å². The summed E-state index contributed by atoms with van der Waals surface area (Å²) >= 11 is 0. The Kier molecular flexibility index (Phi) is 6.50. The van der Waals surface area contributed by atoms with Gasteiger partial charge in [0.05, 0.1) is 6.54 Å². The Morgan fingerprint density at radius 3 is 2.63 bits per heavy atom. The van der Waals surface area contributed by atoms with Crippen LogP contribution in [0.1, 0.15) is 45.2 Å². The van der Waals surface area contributed by atoms with Gasteiger partial charge in [-0.05, 0) is 26.3 Å². The molecule has 3 nitrogen and oxygen atoms in total. The van der Waals surface area contributed by atoms with E-state index < -0.39 is 0 Å². The fraction of sp³-hybridized carbons (Fsp3) is 0.533. The van der Waals surface area contributed by atoms with Gasteiger partial charge >= 0.3 is 0 Å². The molecule has 0 aliphatic rings. The van der Waals surface area contributed by atoms with E-state index in [0.717, 1.165) is 12.8 Å². The van der Waals surface area contributed by atoms with E-state index in [1.165, 1.54) is 6.07 Å². The minimum Gasteiger partial charge on any atom is -0.353 e. The molecule has 1 aromatic rings. The molecular weight excluding hydrogens is 243 g/mol. The van der Waals surface area contributed by atoms with Crippen molar-refractivity contribution in [3.63, 3.8) is 0 Å². The van der Waals surface area contributed by atoms with Gasteiger partial charge in [-0.3, -0.25) is 4.79 Å². The molecule has 19 heavy (non-hydrogen) atoms. The highest BCUT2D eigenvalue weighted by molar-refractivity contribution is 5.78. The van der Waals surface area contributed by atoms with Gasteiger partial charge in [-0.25, -0.2) is 4.39 Å². The molecule has 2 atom stereocenters.